The number of nitrogens with one attached hydrogen (secondary N) is 3. The van der Waals surface area contributed by atoms with E-state index in [0.29, 0.717) is 45.9 Å². The molecule has 240 valence electrons. The minimum Gasteiger partial charge on any atom is -0.454 e. The van der Waals surface area contributed by atoms with Gasteiger partial charge in [0.2, 0.25) is 0 Å². The van der Waals surface area contributed by atoms with Crippen LogP contribution in [0.1, 0.15) is 52.3 Å². The Morgan fingerprint density at radius 2 is 1.70 bits per heavy atom. The molecule has 9 nitrogen and oxygen atoms in total. The Hall–Kier alpha value is -4.74. The minimum atomic E-state index is -3.92. The number of hydrogen-bond donors (Lipinski definition) is 3. The van der Waals surface area contributed by atoms with Crippen LogP contribution in [0.5, 0.6) is 11.5 Å². The van der Waals surface area contributed by atoms with Crippen LogP contribution >= 0.6 is 0 Å². The highest BCUT2D eigenvalue weighted by Gasteiger charge is 2.28. The topological polar surface area (TPSA) is 121 Å². The second kappa shape index (κ2) is 13.7. The molecule has 46 heavy (non-hydrogen) atoms. The summed E-state index contributed by atoms with van der Waals surface area (Å²) in [5, 5.41) is 5.78. The smallest absolute Gasteiger partial charge is 0.256 e. The standard InChI is InChI=1S/C35H37FN4O5S/c1-5-40(6-2)18-17-37-35(42)33-22(3)30(38-23(33)4)20-27-26-19-25(15-16-29(26)39-34(27)41)46(43,44)21-24-11-7-9-13-31(24)45-32-14-10-8-12-28(32)36/h7-16,19-20,38H,5-6,17-18,21H2,1-4H3,(H,37,42)(H,39,41)/b27-20-. The van der Waals surface area contributed by atoms with Gasteiger partial charge in [-0.1, -0.05) is 44.2 Å². The number of para-hydroxylation sites is 2. The molecule has 0 fully saturated rings. The van der Waals surface area contributed by atoms with Crippen LogP contribution in [0.15, 0.2) is 71.6 Å². The predicted octanol–water partition coefficient (Wildman–Crippen LogP) is 6.10. The number of amides is 2. The summed E-state index contributed by atoms with van der Waals surface area (Å²) in [6.45, 7) is 10.8. The van der Waals surface area contributed by atoms with Gasteiger partial charge in [0.25, 0.3) is 11.8 Å². The first kappa shape index (κ1) is 32.6. The Labute approximate surface area is 268 Å². The molecule has 0 unspecified atom stereocenters. The van der Waals surface area contributed by atoms with Crippen molar-refractivity contribution in [2.45, 2.75) is 38.3 Å². The minimum absolute atomic E-state index is 0.0145. The number of aromatic amines is 1. The number of anilines is 1. The summed E-state index contributed by atoms with van der Waals surface area (Å²) in [4.78, 5) is 31.6. The molecule has 0 aliphatic carbocycles. The van der Waals surface area contributed by atoms with Crippen LogP contribution < -0.4 is 15.4 Å². The van der Waals surface area contributed by atoms with E-state index in [2.05, 4.69) is 34.4 Å². The molecule has 4 aromatic rings. The normalized spacial score (nSPS) is 13.6. The van der Waals surface area contributed by atoms with Gasteiger partial charge < -0.3 is 25.3 Å². The number of carbonyl (C=O) groups excluding carboxylic acids is 2. The van der Waals surface area contributed by atoms with E-state index in [0.717, 1.165) is 19.6 Å². The monoisotopic (exact) mass is 644 g/mol. The molecule has 1 aliphatic heterocycles. The second-order valence-corrected chi connectivity index (χ2v) is 13.1. The summed E-state index contributed by atoms with van der Waals surface area (Å²) in [6.07, 6.45) is 1.64. The number of nitrogens with zero attached hydrogens (tertiary/aromatic N) is 1. The van der Waals surface area contributed by atoms with Crippen molar-refractivity contribution in [1.29, 1.82) is 0 Å². The lowest BCUT2D eigenvalue weighted by Crippen LogP contribution is -2.35. The number of halogens is 1. The van der Waals surface area contributed by atoms with Gasteiger partial charge in [0.05, 0.1) is 21.8 Å². The molecule has 2 heterocycles. The maximum atomic E-state index is 14.2. The van der Waals surface area contributed by atoms with E-state index in [1.165, 1.54) is 30.3 Å². The molecule has 3 N–H and O–H groups in total. The summed E-state index contributed by atoms with van der Waals surface area (Å²) in [5.74, 6) is -1.35. The number of benzene rings is 3. The van der Waals surface area contributed by atoms with Crippen molar-refractivity contribution in [3.05, 3.63) is 106 Å². The average Bonchev–Trinajstić information content (AvgIpc) is 3.50. The zero-order valence-corrected chi connectivity index (χ0v) is 27.1. The molecular weight excluding hydrogens is 607 g/mol. The summed E-state index contributed by atoms with van der Waals surface area (Å²) >= 11 is 0. The van der Waals surface area contributed by atoms with Crippen molar-refractivity contribution >= 4 is 39.0 Å². The molecule has 0 bridgehead atoms. The van der Waals surface area contributed by atoms with Gasteiger partial charge in [-0.15, -0.1) is 0 Å². The molecule has 0 saturated heterocycles. The Morgan fingerprint density at radius 3 is 2.41 bits per heavy atom. The highest BCUT2D eigenvalue weighted by molar-refractivity contribution is 7.90. The summed E-state index contributed by atoms with van der Waals surface area (Å²) < 4.78 is 47.3. The van der Waals surface area contributed by atoms with Crippen LogP contribution in [0.2, 0.25) is 0 Å². The number of aromatic nitrogens is 1. The van der Waals surface area contributed by atoms with E-state index in [-0.39, 0.29) is 33.8 Å². The fourth-order valence-corrected chi connectivity index (χ4v) is 6.91. The maximum absolute atomic E-state index is 14.2. The van der Waals surface area contributed by atoms with Crippen molar-refractivity contribution in [1.82, 2.24) is 15.2 Å². The van der Waals surface area contributed by atoms with Crippen molar-refractivity contribution in [3.63, 3.8) is 0 Å². The summed E-state index contributed by atoms with van der Waals surface area (Å²) in [5.41, 5.74) is 3.98. The number of ether oxygens (including phenoxy) is 1. The van der Waals surface area contributed by atoms with Crippen molar-refractivity contribution in [2.75, 3.05) is 31.5 Å². The first-order valence-electron chi connectivity index (χ1n) is 15.1. The predicted molar refractivity (Wildman–Crippen MR) is 177 cm³/mol. The van der Waals surface area contributed by atoms with Gasteiger partial charge in [-0.05, 0) is 75.0 Å². The Bertz CT molecular complexity index is 1930. The van der Waals surface area contributed by atoms with Gasteiger partial charge in [-0.3, -0.25) is 9.59 Å². The Balaban J connectivity index is 1.40. The average molecular weight is 645 g/mol. The molecule has 2 amide bonds. The quantitative estimate of drug-likeness (QED) is 0.160. The molecule has 0 saturated carbocycles. The fourth-order valence-electron chi connectivity index (χ4n) is 5.52. The number of fused-ring (bicyclic) bond motifs is 1. The van der Waals surface area contributed by atoms with Gasteiger partial charge in [-0.25, -0.2) is 12.8 Å². The molecule has 0 spiro atoms. The van der Waals surface area contributed by atoms with E-state index in [1.807, 2.05) is 6.92 Å². The van der Waals surface area contributed by atoms with Gasteiger partial charge in [0.1, 0.15) is 5.75 Å². The summed E-state index contributed by atoms with van der Waals surface area (Å²) in [6, 6.07) is 16.9. The van der Waals surface area contributed by atoms with Gasteiger partial charge in [-0.2, -0.15) is 0 Å². The number of sulfone groups is 1. The Morgan fingerprint density at radius 1 is 1.00 bits per heavy atom. The highest BCUT2D eigenvalue weighted by atomic mass is 32.2. The zero-order chi connectivity index (χ0) is 33.0. The first-order valence-corrected chi connectivity index (χ1v) is 16.8. The van der Waals surface area contributed by atoms with E-state index in [9.17, 15) is 22.4 Å². The SMILES string of the molecule is CCN(CC)CCNC(=O)c1c(C)[nH]c(/C=C2\C(=O)Nc3ccc(S(=O)(=O)Cc4ccccc4Oc4ccccc4F)cc32)c1C. The fraction of sp³-hybridized carbons (Fsp3) is 0.257. The largest absolute Gasteiger partial charge is 0.454 e. The van der Waals surface area contributed by atoms with Gasteiger partial charge in [0, 0.05) is 41.3 Å². The molecule has 5 rings (SSSR count). The Kier molecular flexibility index (Phi) is 9.74. The molecule has 1 aromatic heterocycles. The third kappa shape index (κ3) is 6.90. The third-order valence-electron chi connectivity index (χ3n) is 8.11. The van der Waals surface area contributed by atoms with E-state index < -0.39 is 21.4 Å². The number of rotatable bonds is 12. The number of hydrogen-bond acceptors (Lipinski definition) is 6. The van der Waals surface area contributed by atoms with E-state index in [4.69, 9.17) is 4.74 Å². The number of carbonyl (C=O) groups is 2. The lowest BCUT2D eigenvalue weighted by molar-refractivity contribution is -0.110. The van der Waals surface area contributed by atoms with Crippen molar-refractivity contribution < 1.29 is 27.1 Å². The lowest BCUT2D eigenvalue weighted by Gasteiger charge is -2.18. The number of likely N-dealkylation sites (N-methyl/N-ethyl adjacent to an activating group) is 1. The lowest BCUT2D eigenvalue weighted by atomic mass is 10.0. The first-order chi connectivity index (χ1) is 22.0. The zero-order valence-electron chi connectivity index (χ0n) is 26.2. The molecular formula is C35H37FN4O5S. The molecule has 1 aliphatic rings. The second-order valence-electron chi connectivity index (χ2n) is 11.1. The summed E-state index contributed by atoms with van der Waals surface area (Å²) in [7, 11) is -3.92. The number of H-pyrrole nitrogens is 1. The van der Waals surface area contributed by atoms with Gasteiger partial charge >= 0.3 is 0 Å². The number of aryl methyl sites for hydroxylation is 1. The van der Waals surface area contributed by atoms with E-state index in [1.54, 1.807) is 49.4 Å². The maximum Gasteiger partial charge on any atom is 0.256 e. The highest BCUT2D eigenvalue weighted by Crippen LogP contribution is 2.37. The van der Waals surface area contributed by atoms with Crippen LogP contribution in [0.4, 0.5) is 10.1 Å². The van der Waals surface area contributed by atoms with Crippen LogP contribution in [-0.2, 0) is 20.4 Å². The van der Waals surface area contributed by atoms with Crippen molar-refractivity contribution in [3.8, 4) is 11.5 Å². The molecule has 3 aromatic carbocycles. The van der Waals surface area contributed by atoms with Crippen LogP contribution in [0.25, 0.3) is 11.6 Å². The third-order valence-corrected chi connectivity index (χ3v) is 9.77. The molecule has 0 atom stereocenters. The van der Waals surface area contributed by atoms with Crippen molar-refractivity contribution in [2.24, 2.45) is 0 Å². The van der Waals surface area contributed by atoms with Gasteiger partial charge in [0.15, 0.2) is 21.4 Å². The van der Waals surface area contributed by atoms with Crippen LogP contribution in [-0.4, -0.2) is 56.3 Å². The van der Waals surface area contributed by atoms with E-state index >= 15 is 0 Å². The van der Waals surface area contributed by atoms with Crippen LogP contribution in [0.3, 0.4) is 0 Å². The molecule has 0 radical (unpaired) electrons. The van der Waals surface area contributed by atoms with Crippen LogP contribution in [0, 0.1) is 19.7 Å². The molecule has 11 heteroatoms.